The van der Waals surface area contributed by atoms with Crippen molar-refractivity contribution >= 4 is 202 Å². The Labute approximate surface area is 519 Å². The Bertz CT molecular complexity index is 5160. The Morgan fingerprint density at radius 2 is 0.455 bits per heavy atom. The van der Waals surface area contributed by atoms with E-state index in [2.05, 4.69) is 321 Å². The van der Waals surface area contributed by atoms with E-state index in [1.165, 1.54) is 42.6 Å². The Hall–Kier alpha value is -10.0. The molecular weight excluding hydrogens is 1150 g/mol. The van der Waals surface area contributed by atoms with E-state index in [9.17, 15) is 0 Å². The largest absolute Gasteiger partial charge is 0.309 e. The smallest absolute Gasteiger partial charge is 0.0673 e. The molecule has 0 aromatic heterocycles. The fourth-order valence-corrected chi connectivity index (χ4v) is 26.4. The Balaban J connectivity index is 1.04. The van der Waals surface area contributed by atoms with Gasteiger partial charge < -0.3 is 29.4 Å². The number of hydrogen-bond donors (Lipinski definition) is 0. The summed E-state index contributed by atoms with van der Waals surface area (Å²) in [5, 5.41) is 14.0. The van der Waals surface area contributed by atoms with Gasteiger partial charge in [0.1, 0.15) is 0 Å². The summed E-state index contributed by atoms with van der Waals surface area (Å²) in [6.45, 7) is 0. The number of rotatable bonds is 6. The van der Waals surface area contributed by atoms with Crippen molar-refractivity contribution in [2.24, 2.45) is 0 Å². The molecule has 6 aliphatic heterocycles. The third-order valence-corrected chi connectivity index (χ3v) is 28.8. The zero-order valence-corrected chi connectivity index (χ0v) is 50.5. The van der Waals surface area contributed by atoms with Gasteiger partial charge in [0.25, 0.3) is 0 Å². The number of hydrogen-bond acceptors (Lipinski definition) is 8. The molecule has 0 N–H and O–H groups in total. The average molecular weight is 1200 g/mol. The lowest BCUT2D eigenvalue weighted by atomic mass is 9.95. The molecule has 0 amide bonds. The summed E-state index contributed by atoms with van der Waals surface area (Å²) in [5.74, 6) is 0. The van der Waals surface area contributed by atoms with E-state index >= 15 is 0 Å². The zero-order valence-electron chi connectivity index (χ0n) is 47.1. The average Bonchev–Trinajstić information content (AvgIpc) is 0.653. The summed E-state index contributed by atoms with van der Waals surface area (Å²) < 4.78 is 0. The molecule has 0 radical (unpaired) electrons. The van der Waals surface area contributed by atoms with Crippen LogP contribution in [0.15, 0.2) is 291 Å². The van der Waals surface area contributed by atoms with E-state index < -0.39 is 12.1 Å². The maximum absolute atomic E-state index is 8.12. The summed E-state index contributed by atoms with van der Waals surface area (Å²) in [6, 6.07) is 102. The quantitative estimate of drug-likeness (QED) is 0.152. The lowest BCUT2D eigenvalue weighted by Crippen LogP contribution is -2.49. The second-order valence-electron chi connectivity index (χ2n) is 23.4. The van der Waals surface area contributed by atoms with Gasteiger partial charge in [-0.3, -0.25) is 0 Å². The monoisotopic (exact) mass is 1190 g/mol. The minimum atomic E-state index is -3.12. The van der Waals surface area contributed by atoms with E-state index in [-0.39, 0.29) is 0 Å². The van der Waals surface area contributed by atoms with Crippen LogP contribution in [0.1, 0.15) is 0 Å². The van der Waals surface area contributed by atoms with Crippen molar-refractivity contribution < 1.29 is 0 Å². The number of benzene rings is 14. The van der Waals surface area contributed by atoms with Gasteiger partial charge in [0.2, 0.25) is 0 Å². The van der Waals surface area contributed by atoms with E-state index in [0.717, 1.165) is 124 Å². The normalized spacial score (nSPS) is 17.4. The third kappa shape index (κ3) is 6.13. The molecule has 6 heterocycles. The molecule has 412 valence electrons. The molecule has 6 nitrogen and oxygen atoms in total. The van der Waals surface area contributed by atoms with Crippen LogP contribution in [0.2, 0.25) is 0 Å². The first-order valence-electron chi connectivity index (χ1n) is 29.9. The first-order valence-corrected chi connectivity index (χ1v) is 35.5. The molecule has 0 fully saturated rings. The SMILES string of the molecule is S=P12c3c4cccc3N(c3ccccc3)c3c1c(cc1cc5c6c(c31)N(c1ccccc1)c1cccc3c1P6(=S)c1c(cc6ccccc6c1N5c1ccccc1)N3c1ccccc1)N(c1ccccc1)c1c2c(cc2ccccc12)N4c1ccccc1. The van der Waals surface area contributed by atoms with Gasteiger partial charge in [0.15, 0.2) is 0 Å². The first kappa shape index (κ1) is 49.1. The minimum absolute atomic E-state index is 1.05. The maximum Gasteiger partial charge on any atom is 0.0673 e. The molecule has 2 unspecified atom stereocenters. The van der Waals surface area contributed by atoms with Crippen molar-refractivity contribution in [3.8, 4) is 0 Å². The lowest BCUT2D eigenvalue weighted by molar-refractivity contribution is 1.23. The summed E-state index contributed by atoms with van der Waals surface area (Å²) in [7, 11) is 0. The molecular formula is C78H48N6P2S2. The van der Waals surface area contributed by atoms with Gasteiger partial charge in [-0.05, 0) is 137 Å². The van der Waals surface area contributed by atoms with E-state index in [1.807, 2.05) is 0 Å². The van der Waals surface area contributed by atoms with Crippen molar-refractivity contribution in [1.82, 2.24) is 0 Å². The predicted molar refractivity (Wildman–Crippen MR) is 381 cm³/mol. The van der Waals surface area contributed by atoms with E-state index in [1.54, 1.807) is 0 Å². The summed E-state index contributed by atoms with van der Waals surface area (Å²) in [6.07, 6.45) is 0. The van der Waals surface area contributed by atoms with Crippen molar-refractivity contribution in [1.29, 1.82) is 0 Å². The molecule has 6 aliphatic rings. The van der Waals surface area contributed by atoms with Crippen LogP contribution in [-0.4, -0.2) is 0 Å². The summed E-state index contributed by atoms with van der Waals surface area (Å²) in [4.78, 5) is 15.4. The van der Waals surface area contributed by atoms with Gasteiger partial charge in [-0.2, -0.15) is 0 Å². The maximum atomic E-state index is 8.12. The lowest BCUT2D eigenvalue weighted by Gasteiger charge is -2.54. The molecule has 14 aromatic carbocycles. The molecule has 0 saturated heterocycles. The highest BCUT2D eigenvalue weighted by atomic mass is 32.4. The van der Waals surface area contributed by atoms with Crippen molar-refractivity contribution in [2.45, 2.75) is 0 Å². The van der Waals surface area contributed by atoms with Crippen LogP contribution in [0, 0.1) is 0 Å². The van der Waals surface area contributed by atoms with Crippen LogP contribution in [-0.2, 0) is 23.6 Å². The Kier molecular flexibility index (Phi) is 9.93. The van der Waals surface area contributed by atoms with Crippen LogP contribution < -0.4 is 61.2 Å². The number of nitrogens with zero attached hydrogens (tertiary/aromatic N) is 6. The van der Waals surface area contributed by atoms with Gasteiger partial charge >= 0.3 is 0 Å². The van der Waals surface area contributed by atoms with Crippen LogP contribution >= 0.6 is 12.1 Å². The van der Waals surface area contributed by atoms with E-state index in [4.69, 9.17) is 23.6 Å². The number of anilines is 18. The highest BCUT2D eigenvalue weighted by molar-refractivity contribution is 8.27. The molecule has 20 rings (SSSR count). The van der Waals surface area contributed by atoms with Gasteiger partial charge in [-0.1, -0.05) is 193 Å². The molecule has 0 bridgehead atoms. The fourth-order valence-electron chi connectivity index (χ4n) is 15.8. The highest BCUT2D eigenvalue weighted by Crippen LogP contribution is 2.73. The van der Waals surface area contributed by atoms with Gasteiger partial charge in [-0.25, -0.2) is 0 Å². The molecule has 0 saturated carbocycles. The first-order chi connectivity index (χ1) is 43.5. The standard InChI is InChI=1S/C78H48N6P2S2/c87-85-73-60-41-23-43-62(73)81(54-31-11-3-12-32-54)71-68-51(47-66(77(71)85)83(56-35-15-5-16-36-56)69-58-39-21-19-25-49(58)45-64(75(69)85)79(60)52-27-7-1-8-28-52)48-67-78-72(68)82(55-33-13-4-14-34-55)63-44-24-42-61-74(63)86(78,88)76-65(80(61)53-29-9-2-10-30-53)46-50-26-20-22-40-59(50)70(76)84(67)57-37-17-6-18-38-57/h1-48H. The van der Waals surface area contributed by atoms with Crippen LogP contribution in [0.3, 0.4) is 0 Å². The Morgan fingerprint density at radius 1 is 0.205 bits per heavy atom. The number of para-hydroxylation sites is 6. The zero-order chi connectivity index (χ0) is 57.7. The summed E-state index contributed by atoms with van der Waals surface area (Å²) in [5.41, 5.74) is 19.7. The van der Waals surface area contributed by atoms with Crippen molar-refractivity contribution in [2.75, 3.05) is 29.4 Å². The molecule has 2 atom stereocenters. The van der Waals surface area contributed by atoms with Crippen molar-refractivity contribution in [3.05, 3.63) is 291 Å². The van der Waals surface area contributed by atoms with Crippen LogP contribution in [0.4, 0.5) is 102 Å². The fraction of sp³-hybridized carbons (Fsp3) is 0. The molecule has 10 heteroatoms. The van der Waals surface area contributed by atoms with Crippen LogP contribution in [0.5, 0.6) is 0 Å². The molecule has 0 spiro atoms. The minimum Gasteiger partial charge on any atom is -0.309 e. The summed E-state index contributed by atoms with van der Waals surface area (Å²) >= 11 is 16.2. The second-order valence-corrected chi connectivity index (χ2v) is 31.9. The number of fused-ring (bicyclic) bond motifs is 7. The molecule has 88 heavy (non-hydrogen) atoms. The highest BCUT2D eigenvalue weighted by Gasteiger charge is 2.56. The molecule has 0 aliphatic carbocycles. The van der Waals surface area contributed by atoms with Crippen molar-refractivity contribution in [3.63, 3.8) is 0 Å². The van der Waals surface area contributed by atoms with Gasteiger partial charge in [0, 0.05) is 82.1 Å². The third-order valence-electron chi connectivity index (χ3n) is 19.0. The van der Waals surface area contributed by atoms with Gasteiger partial charge in [-0.15, -0.1) is 0 Å². The second kappa shape index (κ2) is 17.8. The van der Waals surface area contributed by atoms with Gasteiger partial charge in [0.05, 0.1) is 80.3 Å². The molecule has 14 aromatic rings. The topological polar surface area (TPSA) is 19.4 Å². The van der Waals surface area contributed by atoms with E-state index in [0.29, 0.717) is 0 Å². The predicted octanol–water partition coefficient (Wildman–Crippen LogP) is 19.4. The van der Waals surface area contributed by atoms with Crippen LogP contribution in [0.25, 0.3) is 32.3 Å². The Morgan fingerprint density at radius 3 is 0.795 bits per heavy atom.